The summed E-state index contributed by atoms with van der Waals surface area (Å²) in [7, 11) is 0. The number of aryl methyl sites for hydroxylation is 1. The molecule has 3 aliphatic heterocycles. The lowest BCUT2D eigenvalue weighted by Gasteiger charge is -2.50. The molecule has 6 atom stereocenters. The molecule has 62 heavy (non-hydrogen) atoms. The maximum Gasteiger partial charge on any atom is 0.336 e. The summed E-state index contributed by atoms with van der Waals surface area (Å²) in [6.45, 7) is 5.42. The van der Waals surface area contributed by atoms with Gasteiger partial charge in [0.1, 0.15) is 16.9 Å². The number of rotatable bonds is 5. The van der Waals surface area contributed by atoms with Crippen LogP contribution in [0.2, 0.25) is 0 Å². The summed E-state index contributed by atoms with van der Waals surface area (Å²) in [6.07, 6.45) is 9.88. The van der Waals surface area contributed by atoms with Gasteiger partial charge in [0.25, 0.3) is 0 Å². The summed E-state index contributed by atoms with van der Waals surface area (Å²) in [6, 6.07) is 32.7. The van der Waals surface area contributed by atoms with Crippen molar-refractivity contribution < 1.29 is 33.3 Å². The van der Waals surface area contributed by atoms with E-state index in [4.69, 9.17) is 18.6 Å². The Morgan fingerprint density at radius 2 is 1.56 bits per heavy atom. The van der Waals surface area contributed by atoms with Crippen LogP contribution in [-0.4, -0.2) is 28.8 Å². The minimum absolute atomic E-state index is 0.0140. The first-order chi connectivity index (χ1) is 30.1. The fraction of sp³-hybridized carbons (Fsp3) is 0.389. The Labute approximate surface area is 363 Å². The zero-order valence-electron chi connectivity index (χ0n) is 35.9. The number of fused-ring (bicyclic) bond motifs is 11. The maximum atomic E-state index is 14.9. The summed E-state index contributed by atoms with van der Waals surface area (Å²) in [4.78, 5) is 42.7. The molecule has 4 aromatic carbocycles. The van der Waals surface area contributed by atoms with Crippen LogP contribution in [0.15, 0.2) is 130 Å². The van der Waals surface area contributed by atoms with Crippen molar-refractivity contribution in [2.75, 3.05) is 0 Å². The highest BCUT2D eigenvalue weighted by Gasteiger charge is 2.56. The van der Waals surface area contributed by atoms with E-state index in [9.17, 15) is 19.5 Å². The molecule has 10 rings (SSSR count). The molecule has 1 aromatic heterocycles. The predicted octanol–water partition coefficient (Wildman–Crippen LogP) is 10.9. The molecular formula is C54H56O8. The average molecular weight is 833 g/mol. The van der Waals surface area contributed by atoms with Crippen molar-refractivity contribution in [2.45, 2.75) is 121 Å². The highest BCUT2D eigenvalue weighted by atomic mass is 16.6. The van der Waals surface area contributed by atoms with E-state index >= 15 is 0 Å². The van der Waals surface area contributed by atoms with E-state index in [0.29, 0.717) is 40.7 Å². The third-order valence-corrected chi connectivity index (χ3v) is 14.1. The van der Waals surface area contributed by atoms with Gasteiger partial charge in [-0.1, -0.05) is 116 Å². The summed E-state index contributed by atoms with van der Waals surface area (Å²) < 4.78 is 26.5. The first-order valence-electron chi connectivity index (χ1n) is 22.4. The van der Waals surface area contributed by atoms with E-state index in [0.717, 1.165) is 61.6 Å². The number of ether oxygens (including phenoxy) is 3. The van der Waals surface area contributed by atoms with Crippen LogP contribution in [0.5, 0.6) is 5.75 Å². The molecule has 2 bridgehead atoms. The van der Waals surface area contributed by atoms with E-state index in [1.54, 1.807) is 12.1 Å². The van der Waals surface area contributed by atoms with Crippen LogP contribution in [0.3, 0.4) is 0 Å². The molecule has 1 saturated carbocycles. The zero-order chi connectivity index (χ0) is 43.0. The van der Waals surface area contributed by atoms with E-state index in [-0.39, 0.29) is 35.7 Å². The van der Waals surface area contributed by atoms with Gasteiger partial charge in [0, 0.05) is 41.2 Å². The smallest absolute Gasteiger partial charge is 0.336 e. The molecule has 1 fully saturated rings. The van der Waals surface area contributed by atoms with Crippen LogP contribution in [0.25, 0.3) is 11.0 Å². The molecule has 2 aliphatic carbocycles. The van der Waals surface area contributed by atoms with Gasteiger partial charge < -0.3 is 23.7 Å². The minimum atomic E-state index is -1.17. The van der Waals surface area contributed by atoms with Gasteiger partial charge in [0.05, 0.1) is 12.2 Å². The van der Waals surface area contributed by atoms with Crippen molar-refractivity contribution in [3.05, 3.63) is 170 Å². The Hall–Kier alpha value is -5.73. The normalized spacial score (nSPS) is 25.5. The molecule has 1 N–H and O–H groups in total. The molecule has 5 aliphatic rings. The molecule has 0 radical (unpaired) electrons. The molecule has 0 spiro atoms. The number of carbonyl (C=O) groups is 2. The molecule has 320 valence electrons. The zero-order valence-corrected chi connectivity index (χ0v) is 35.9. The Bertz CT molecular complexity index is 2580. The monoisotopic (exact) mass is 832 g/mol. The van der Waals surface area contributed by atoms with Gasteiger partial charge in [0.15, 0.2) is 12.2 Å². The Kier molecular flexibility index (Phi) is 11.8. The third kappa shape index (κ3) is 8.29. The summed E-state index contributed by atoms with van der Waals surface area (Å²) in [5.41, 5.74) is 6.43. The van der Waals surface area contributed by atoms with E-state index in [1.165, 1.54) is 22.8 Å². The van der Waals surface area contributed by atoms with Crippen LogP contribution >= 0.6 is 0 Å². The minimum Gasteiger partial charge on any atom is -0.483 e. The molecule has 0 unspecified atom stereocenters. The van der Waals surface area contributed by atoms with E-state index in [2.05, 4.69) is 84.9 Å². The summed E-state index contributed by atoms with van der Waals surface area (Å²) in [5.74, 6) is -0.631. The van der Waals surface area contributed by atoms with E-state index in [1.807, 2.05) is 26.8 Å². The molecule has 0 amide bonds. The number of hydrogen-bond donors (Lipinski definition) is 1. The van der Waals surface area contributed by atoms with Crippen molar-refractivity contribution in [1.29, 1.82) is 0 Å². The number of aliphatic hydroxyl groups is 1. The third-order valence-electron chi connectivity index (χ3n) is 14.1. The molecular weight excluding hydrogens is 777 g/mol. The van der Waals surface area contributed by atoms with Gasteiger partial charge in [-0.3, -0.25) is 4.79 Å². The topological polar surface area (TPSA) is 112 Å². The molecule has 0 saturated heterocycles. The number of carbonyl (C=O) groups excluding carboxylic acids is 2. The Morgan fingerprint density at radius 3 is 2.32 bits per heavy atom. The summed E-state index contributed by atoms with van der Waals surface area (Å²) >= 11 is 0. The first-order valence-corrected chi connectivity index (χ1v) is 22.4. The largest absolute Gasteiger partial charge is 0.483 e. The average Bonchev–Trinajstić information content (AvgIpc) is 3.27. The van der Waals surface area contributed by atoms with Crippen LogP contribution in [-0.2, 0) is 38.5 Å². The number of allylic oxidation sites excluding steroid dienone is 3. The summed E-state index contributed by atoms with van der Waals surface area (Å²) in [5, 5.41) is 10.9. The second-order valence-corrected chi connectivity index (χ2v) is 18.3. The fourth-order valence-corrected chi connectivity index (χ4v) is 10.7. The van der Waals surface area contributed by atoms with E-state index < -0.39 is 42.0 Å². The van der Waals surface area contributed by atoms with Crippen molar-refractivity contribution in [3.63, 3.8) is 0 Å². The molecule has 5 aromatic rings. The molecule has 8 nitrogen and oxygen atoms in total. The quantitative estimate of drug-likeness (QED) is 0.0806. The van der Waals surface area contributed by atoms with Crippen molar-refractivity contribution in [2.24, 2.45) is 11.8 Å². The number of aliphatic hydroxyl groups excluding tert-OH is 1. The van der Waals surface area contributed by atoms with Gasteiger partial charge in [0.2, 0.25) is 0 Å². The number of benzene rings is 4. The van der Waals surface area contributed by atoms with Crippen LogP contribution < -0.4 is 10.4 Å². The van der Waals surface area contributed by atoms with Gasteiger partial charge in [-0.15, -0.1) is 0 Å². The number of esters is 2. The lowest BCUT2D eigenvalue weighted by atomic mass is 9.71. The van der Waals surface area contributed by atoms with Gasteiger partial charge in [-0.25, -0.2) is 9.59 Å². The number of hydrogen-bond acceptors (Lipinski definition) is 8. The Morgan fingerprint density at radius 1 is 0.790 bits per heavy atom. The van der Waals surface area contributed by atoms with Gasteiger partial charge >= 0.3 is 17.6 Å². The van der Waals surface area contributed by atoms with Crippen LogP contribution in [0, 0.1) is 11.8 Å². The van der Waals surface area contributed by atoms with Gasteiger partial charge in [-0.05, 0) is 111 Å². The Balaban J connectivity index is 1.15. The second-order valence-electron chi connectivity index (χ2n) is 18.3. The molecule has 4 heterocycles. The second kappa shape index (κ2) is 17.6. The maximum absolute atomic E-state index is 14.9. The van der Waals surface area contributed by atoms with Crippen molar-refractivity contribution in [3.8, 4) is 5.75 Å². The fourth-order valence-electron chi connectivity index (χ4n) is 10.7. The SMILES string of the molecule is CC(C)=C1CCc2ccc(cc2)[C@@H]2C=C[C@@H](c3cccc(Cc4ccccc4)c3)C[C@@H]2CC(=O)O[C@@H]2c3c(ccc4c(CO)cc(=O)oc34)O[C@@](C)(C3CCCCC3)[C@H]2OC1=O. The lowest BCUT2D eigenvalue weighted by Crippen LogP contribution is -2.58. The van der Waals surface area contributed by atoms with Crippen LogP contribution in [0.4, 0.5) is 0 Å². The highest BCUT2D eigenvalue weighted by molar-refractivity contribution is 5.90. The van der Waals surface area contributed by atoms with Gasteiger partial charge in [-0.2, -0.15) is 0 Å². The predicted molar refractivity (Wildman–Crippen MR) is 239 cm³/mol. The van der Waals surface area contributed by atoms with Crippen LogP contribution in [0.1, 0.15) is 129 Å². The highest BCUT2D eigenvalue weighted by Crippen LogP contribution is 2.52. The standard InChI is InChI=1S/C54H56O8/c1-33(2)43-23-19-34-17-20-37(21-18-34)44-24-22-39(38-14-10-13-36(28-38)27-35-11-6-4-7-12-35)29-40(44)30-47(56)60-51-49-46(26-25-45-41(32-55)31-48(57)59-50(45)49)62-54(3,52(51)61-53(43)58)42-15-8-5-9-16-42/h4,6-7,10-14,17-18,20-22,24-26,28,31,39-40,42,44,51-52,55H,5,8-9,15-16,19,23,27,29-30,32H2,1-3H3/t39-,40-,44+,51-,52+,54+/m1/s1. The molecule has 8 heteroatoms. The first kappa shape index (κ1) is 41.6. The van der Waals surface area contributed by atoms with Crippen molar-refractivity contribution >= 4 is 22.9 Å². The van der Waals surface area contributed by atoms with Crippen molar-refractivity contribution in [1.82, 2.24) is 0 Å². The lowest BCUT2D eigenvalue weighted by molar-refractivity contribution is -0.201.